The minimum absolute atomic E-state index is 0.285. The number of rotatable bonds is 4. The molecule has 0 spiro atoms. The van der Waals surface area contributed by atoms with Crippen molar-refractivity contribution in [3.05, 3.63) is 73.0 Å². The molecule has 0 unspecified atom stereocenters. The van der Waals surface area contributed by atoms with Crippen LogP contribution in [0, 0.1) is 13.8 Å². The minimum atomic E-state index is -0.682. The molecule has 124 valence electrons. The van der Waals surface area contributed by atoms with Gasteiger partial charge in [-0.2, -0.15) is 0 Å². The molecule has 6 heteroatoms. The van der Waals surface area contributed by atoms with Gasteiger partial charge in [0, 0.05) is 4.47 Å². The third-order valence-electron chi connectivity index (χ3n) is 3.93. The second-order valence-electron chi connectivity index (χ2n) is 5.56. The van der Waals surface area contributed by atoms with Crippen molar-refractivity contribution < 1.29 is 9.15 Å². The van der Waals surface area contributed by atoms with E-state index in [0.29, 0.717) is 17.5 Å². The van der Waals surface area contributed by atoms with Crippen LogP contribution in [0.4, 0.5) is 0 Å². The number of nitrogens with zero attached hydrogens (tertiary/aromatic N) is 1. The molecule has 0 aliphatic rings. The second-order valence-corrected chi connectivity index (χ2v) is 6.48. The van der Waals surface area contributed by atoms with Gasteiger partial charge in [0.15, 0.2) is 0 Å². The van der Waals surface area contributed by atoms with Crippen molar-refractivity contribution in [2.24, 2.45) is 0 Å². The average Bonchev–Trinajstić information content (AvgIpc) is 2.54. The fraction of sp³-hybridized carbons (Fsp3) is 0.222. The van der Waals surface area contributed by atoms with Crippen LogP contribution in [-0.4, -0.2) is 11.2 Å². The van der Waals surface area contributed by atoms with Crippen molar-refractivity contribution in [3.8, 4) is 5.75 Å². The summed E-state index contributed by atoms with van der Waals surface area (Å²) >= 11 is 3.31. The molecule has 0 atom stereocenters. The first-order valence-electron chi connectivity index (χ1n) is 7.49. The molecule has 24 heavy (non-hydrogen) atoms. The number of aryl methyl sites for hydroxylation is 2. The molecule has 3 aromatic rings. The lowest BCUT2D eigenvalue weighted by atomic mass is 10.1. The summed E-state index contributed by atoms with van der Waals surface area (Å²) in [5.74, 6) is 0.0640. The standard InChI is InChI=1S/C18H16BrNO4/c1-11-3-5-14(9-12(11)2)23-8-7-20-16-6-4-13(19)10-15(16)17(21)24-18(20)22/h3-6,9-10H,7-8H2,1-2H3. The smallest absolute Gasteiger partial charge is 0.422 e. The van der Waals surface area contributed by atoms with E-state index in [0.717, 1.165) is 15.8 Å². The predicted octanol–water partition coefficient (Wildman–Crippen LogP) is 3.41. The van der Waals surface area contributed by atoms with Gasteiger partial charge in [-0.05, 0) is 55.3 Å². The number of aromatic nitrogens is 1. The highest BCUT2D eigenvalue weighted by Gasteiger charge is 2.10. The van der Waals surface area contributed by atoms with Crippen LogP contribution in [0.15, 0.2) is 54.9 Å². The van der Waals surface area contributed by atoms with E-state index < -0.39 is 11.4 Å². The van der Waals surface area contributed by atoms with Crippen LogP contribution in [0.5, 0.6) is 5.75 Å². The Morgan fingerprint density at radius 2 is 1.88 bits per heavy atom. The van der Waals surface area contributed by atoms with E-state index in [1.807, 2.05) is 32.0 Å². The molecule has 5 nitrogen and oxygen atoms in total. The molecule has 0 N–H and O–H groups in total. The lowest BCUT2D eigenvalue weighted by molar-refractivity contribution is 0.287. The van der Waals surface area contributed by atoms with Gasteiger partial charge in [-0.1, -0.05) is 22.0 Å². The van der Waals surface area contributed by atoms with Crippen molar-refractivity contribution in [1.29, 1.82) is 0 Å². The van der Waals surface area contributed by atoms with E-state index in [2.05, 4.69) is 15.9 Å². The van der Waals surface area contributed by atoms with Gasteiger partial charge >= 0.3 is 11.4 Å². The first kappa shape index (κ1) is 16.5. The predicted molar refractivity (Wildman–Crippen MR) is 95.9 cm³/mol. The number of hydrogen-bond donors (Lipinski definition) is 0. The Morgan fingerprint density at radius 1 is 1.08 bits per heavy atom. The van der Waals surface area contributed by atoms with E-state index in [-0.39, 0.29) is 6.54 Å². The Bertz CT molecular complexity index is 1020. The Hall–Kier alpha value is -2.34. The number of halogens is 1. The van der Waals surface area contributed by atoms with E-state index in [4.69, 9.17) is 9.15 Å². The maximum Gasteiger partial charge on any atom is 0.422 e. The summed E-state index contributed by atoms with van der Waals surface area (Å²) in [5, 5.41) is 0.357. The molecule has 1 heterocycles. The largest absolute Gasteiger partial charge is 0.492 e. The van der Waals surface area contributed by atoms with Gasteiger partial charge in [-0.3, -0.25) is 4.57 Å². The van der Waals surface area contributed by atoms with Gasteiger partial charge in [-0.15, -0.1) is 0 Å². The summed E-state index contributed by atoms with van der Waals surface area (Å²) in [6, 6.07) is 11.0. The minimum Gasteiger partial charge on any atom is -0.492 e. The van der Waals surface area contributed by atoms with Crippen molar-refractivity contribution in [2.75, 3.05) is 6.61 Å². The van der Waals surface area contributed by atoms with Gasteiger partial charge in [0.05, 0.1) is 17.4 Å². The summed E-state index contributed by atoms with van der Waals surface area (Å²) in [7, 11) is 0. The molecular formula is C18H16BrNO4. The lowest BCUT2D eigenvalue weighted by Gasteiger charge is -2.11. The average molecular weight is 390 g/mol. The fourth-order valence-electron chi connectivity index (χ4n) is 2.47. The van der Waals surface area contributed by atoms with Crippen molar-refractivity contribution >= 4 is 26.8 Å². The van der Waals surface area contributed by atoms with Crippen LogP contribution in [0.2, 0.25) is 0 Å². The number of hydrogen-bond acceptors (Lipinski definition) is 4. The highest BCUT2D eigenvalue weighted by molar-refractivity contribution is 9.10. The quantitative estimate of drug-likeness (QED) is 0.685. The van der Waals surface area contributed by atoms with E-state index in [9.17, 15) is 9.59 Å². The fourth-order valence-corrected chi connectivity index (χ4v) is 2.83. The molecule has 1 aromatic heterocycles. The van der Waals surface area contributed by atoms with Crippen LogP contribution >= 0.6 is 15.9 Å². The summed E-state index contributed by atoms with van der Waals surface area (Å²) in [4.78, 5) is 23.8. The van der Waals surface area contributed by atoms with E-state index in [1.54, 1.807) is 18.2 Å². The van der Waals surface area contributed by atoms with Crippen molar-refractivity contribution in [1.82, 2.24) is 4.57 Å². The third-order valence-corrected chi connectivity index (χ3v) is 4.42. The molecular weight excluding hydrogens is 374 g/mol. The van der Waals surface area contributed by atoms with Crippen LogP contribution in [0.1, 0.15) is 11.1 Å². The molecule has 0 aliphatic heterocycles. The van der Waals surface area contributed by atoms with Gasteiger partial charge in [0.25, 0.3) is 0 Å². The Balaban J connectivity index is 1.86. The third kappa shape index (κ3) is 3.28. The maximum atomic E-state index is 12.0. The van der Waals surface area contributed by atoms with Crippen molar-refractivity contribution in [2.45, 2.75) is 20.4 Å². The molecule has 0 aliphatic carbocycles. The van der Waals surface area contributed by atoms with E-state index >= 15 is 0 Å². The zero-order valence-electron chi connectivity index (χ0n) is 13.3. The monoisotopic (exact) mass is 389 g/mol. The molecule has 0 saturated carbocycles. The van der Waals surface area contributed by atoms with E-state index in [1.165, 1.54) is 10.1 Å². The Kier molecular flexibility index (Phi) is 4.57. The first-order chi connectivity index (χ1) is 11.5. The Morgan fingerprint density at radius 3 is 2.62 bits per heavy atom. The van der Waals surface area contributed by atoms with Gasteiger partial charge in [0.2, 0.25) is 0 Å². The summed E-state index contributed by atoms with van der Waals surface area (Å²) in [6.45, 7) is 4.63. The highest BCUT2D eigenvalue weighted by atomic mass is 79.9. The molecule has 0 saturated heterocycles. The zero-order chi connectivity index (χ0) is 17.3. The zero-order valence-corrected chi connectivity index (χ0v) is 14.9. The SMILES string of the molecule is Cc1ccc(OCCn2c(=O)oc(=O)c3cc(Br)ccc32)cc1C. The van der Waals surface area contributed by atoms with Crippen LogP contribution in [0.3, 0.4) is 0 Å². The molecule has 0 fully saturated rings. The van der Waals surface area contributed by atoms with Crippen LogP contribution in [-0.2, 0) is 6.54 Å². The second kappa shape index (κ2) is 6.65. The number of ether oxygens (including phenoxy) is 1. The van der Waals surface area contributed by atoms with Gasteiger partial charge < -0.3 is 9.15 Å². The molecule has 2 aromatic carbocycles. The number of benzene rings is 2. The molecule has 0 bridgehead atoms. The molecule has 3 rings (SSSR count). The topological polar surface area (TPSA) is 61.4 Å². The molecule has 0 radical (unpaired) electrons. The normalized spacial score (nSPS) is 11.0. The first-order valence-corrected chi connectivity index (χ1v) is 8.28. The van der Waals surface area contributed by atoms with Gasteiger partial charge in [0.1, 0.15) is 12.4 Å². The van der Waals surface area contributed by atoms with Crippen molar-refractivity contribution in [3.63, 3.8) is 0 Å². The van der Waals surface area contributed by atoms with Crippen LogP contribution < -0.4 is 16.1 Å². The maximum absolute atomic E-state index is 12.0. The van der Waals surface area contributed by atoms with Gasteiger partial charge in [-0.25, -0.2) is 9.59 Å². The molecule has 0 amide bonds. The van der Waals surface area contributed by atoms with Crippen LogP contribution in [0.25, 0.3) is 10.9 Å². The summed E-state index contributed by atoms with van der Waals surface area (Å²) < 4.78 is 12.7. The lowest BCUT2D eigenvalue weighted by Crippen LogP contribution is -2.27. The highest BCUT2D eigenvalue weighted by Crippen LogP contribution is 2.18. The Labute approximate surface area is 146 Å². The summed E-state index contributed by atoms with van der Waals surface area (Å²) in [6.07, 6.45) is 0. The number of fused-ring (bicyclic) bond motifs is 1. The summed E-state index contributed by atoms with van der Waals surface area (Å²) in [5.41, 5.74) is 2.23.